The summed E-state index contributed by atoms with van der Waals surface area (Å²) >= 11 is 1.52. The van der Waals surface area contributed by atoms with Gasteiger partial charge in [-0.25, -0.2) is 14.4 Å². The highest BCUT2D eigenvalue weighted by molar-refractivity contribution is 7.19. The Labute approximate surface area is 191 Å². The van der Waals surface area contributed by atoms with Crippen molar-refractivity contribution in [1.29, 1.82) is 0 Å². The SMILES string of the molecule is Cc1cc2nc(NC(C)c3cncc(F)c3)nc(C(=O)NCCC3CCN(C)CC3)c2s1. The number of rotatable bonds is 7. The van der Waals surface area contributed by atoms with Crippen molar-refractivity contribution in [3.63, 3.8) is 0 Å². The maximum atomic E-state index is 13.5. The van der Waals surface area contributed by atoms with E-state index in [0.29, 0.717) is 29.7 Å². The lowest BCUT2D eigenvalue weighted by Gasteiger charge is -2.28. The van der Waals surface area contributed by atoms with Gasteiger partial charge < -0.3 is 15.5 Å². The maximum absolute atomic E-state index is 13.5. The number of aryl methyl sites for hydroxylation is 1. The molecule has 0 radical (unpaired) electrons. The second-order valence-corrected chi connectivity index (χ2v) is 9.82. The van der Waals surface area contributed by atoms with Gasteiger partial charge in [-0.1, -0.05) is 0 Å². The van der Waals surface area contributed by atoms with Crippen molar-refractivity contribution >= 4 is 33.4 Å². The fourth-order valence-electron chi connectivity index (χ4n) is 4.03. The number of aromatic nitrogens is 3. The van der Waals surface area contributed by atoms with Gasteiger partial charge in [-0.05, 0) is 76.9 Å². The molecule has 1 amide bonds. The van der Waals surface area contributed by atoms with Gasteiger partial charge in [0.15, 0.2) is 5.69 Å². The summed E-state index contributed by atoms with van der Waals surface area (Å²) in [5.74, 6) is 0.410. The molecule has 0 saturated carbocycles. The largest absolute Gasteiger partial charge is 0.351 e. The number of nitrogens with one attached hydrogen (secondary N) is 2. The monoisotopic (exact) mass is 456 g/mol. The highest BCUT2D eigenvalue weighted by Crippen LogP contribution is 2.28. The van der Waals surface area contributed by atoms with E-state index in [1.807, 2.05) is 19.9 Å². The molecule has 1 aliphatic heterocycles. The molecule has 170 valence electrons. The van der Waals surface area contributed by atoms with Gasteiger partial charge in [-0.2, -0.15) is 0 Å². The number of hydrogen-bond donors (Lipinski definition) is 2. The first kappa shape index (κ1) is 22.5. The van der Waals surface area contributed by atoms with Crippen molar-refractivity contribution in [3.05, 3.63) is 46.5 Å². The molecule has 7 nitrogen and oxygen atoms in total. The van der Waals surface area contributed by atoms with Crippen molar-refractivity contribution < 1.29 is 9.18 Å². The van der Waals surface area contributed by atoms with Gasteiger partial charge in [0, 0.05) is 17.6 Å². The first-order valence-corrected chi connectivity index (χ1v) is 11.8. The molecular formula is C23H29FN6OS. The third-order valence-corrected chi connectivity index (χ3v) is 7.00. The Morgan fingerprint density at radius 1 is 1.28 bits per heavy atom. The number of carbonyl (C=O) groups is 1. The van der Waals surface area contributed by atoms with Crippen LogP contribution >= 0.6 is 11.3 Å². The molecule has 2 N–H and O–H groups in total. The number of nitrogens with zero attached hydrogens (tertiary/aromatic N) is 4. The smallest absolute Gasteiger partial charge is 0.271 e. The number of hydrogen-bond acceptors (Lipinski definition) is 7. The maximum Gasteiger partial charge on any atom is 0.271 e. The van der Waals surface area contributed by atoms with Crippen LogP contribution in [0.5, 0.6) is 0 Å². The van der Waals surface area contributed by atoms with E-state index in [1.165, 1.54) is 36.4 Å². The van der Waals surface area contributed by atoms with E-state index in [-0.39, 0.29) is 11.9 Å². The van der Waals surface area contributed by atoms with Crippen molar-refractivity contribution in [2.75, 3.05) is 32.0 Å². The fourth-order valence-corrected chi connectivity index (χ4v) is 4.97. The summed E-state index contributed by atoms with van der Waals surface area (Å²) in [6.45, 7) is 6.74. The fraction of sp³-hybridized carbons (Fsp3) is 0.478. The molecule has 0 spiro atoms. The molecule has 0 aliphatic carbocycles. The molecule has 4 heterocycles. The highest BCUT2D eigenvalue weighted by Gasteiger charge is 2.20. The van der Waals surface area contributed by atoms with Crippen LogP contribution in [0.25, 0.3) is 10.2 Å². The van der Waals surface area contributed by atoms with Crippen LogP contribution in [0, 0.1) is 18.7 Å². The average Bonchev–Trinajstić information content (AvgIpc) is 3.14. The number of piperidine rings is 1. The lowest BCUT2D eigenvalue weighted by atomic mass is 9.94. The summed E-state index contributed by atoms with van der Waals surface area (Å²) in [6.07, 6.45) is 6.10. The zero-order valence-corrected chi connectivity index (χ0v) is 19.5. The van der Waals surface area contributed by atoms with Crippen molar-refractivity contribution in [2.24, 2.45) is 5.92 Å². The Hall–Kier alpha value is -2.65. The molecule has 0 bridgehead atoms. The van der Waals surface area contributed by atoms with Crippen LogP contribution in [0.15, 0.2) is 24.5 Å². The summed E-state index contributed by atoms with van der Waals surface area (Å²) < 4.78 is 14.3. The zero-order chi connectivity index (χ0) is 22.7. The summed E-state index contributed by atoms with van der Waals surface area (Å²) in [7, 11) is 2.15. The molecule has 1 atom stereocenters. The molecule has 1 unspecified atom stereocenters. The van der Waals surface area contributed by atoms with E-state index < -0.39 is 5.82 Å². The summed E-state index contributed by atoms with van der Waals surface area (Å²) in [5.41, 5.74) is 1.79. The minimum absolute atomic E-state index is 0.185. The summed E-state index contributed by atoms with van der Waals surface area (Å²) in [4.78, 5) is 29.4. The van der Waals surface area contributed by atoms with Crippen molar-refractivity contribution in [3.8, 4) is 0 Å². The predicted octanol–water partition coefficient (Wildman–Crippen LogP) is 4.17. The topological polar surface area (TPSA) is 83.0 Å². The number of fused-ring (bicyclic) bond motifs is 1. The van der Waals surface area contributed by atoms with E-state index in [2.05, 4.69) is 37.5 Å². The van der Waals surface area contributed by atoms with E-state index >= 15 is 0 Å². The highest BCUT2D eigenvalue weighted by atomic mass is 32.1. The van der Waals surface area contributed by atoms with Crippen LogP contribution in [0.2, 0.25) is 0 Å². The molecule has 1 saturated heterocycles. The standard InChI is InChI=1S/C23H29FN6OS/c1-14-10-19-21(32-14)20(22(31)26-7-4-16-5-8-30(3)9-6-16)29-23(28-19)27-15(2)17-11-18(24)13-25-12-17/h10-13,15-16H,4-9H2,1-3H3,(H,26,31)(H,27,28,29). The van der Waals surface area contributed by atoms with Gasteiger partial charge >= 0.3 is 0 Å². The molecule has 4 rings (SSSR count). The third kappa shape index (κ3) is 5.39. The van der Waals surface area contributed by atoms with E-state index in [0.717, 1.165) is 34.6 Å². The van der Waals surface area contributed by atoms with Crippen LogP contribution < -0.4 is 10.6 Å². The lowest BCUT2D eigenvalue weighted by Crippen LogP contribution is -2.33. The molecule has 1 fully saturated rings. The normalized spacial score (nSPS) is 16.2. The number of thiophene rings is 1. The van der Waals surface area contributed by atoms with Gasteiger partial charge in [0.25, 0.3) is 5.91 Å². The van der Waals surface area contributed by atoms with Gasteiger partial charge in [0.05, 0.1) is 22.5 Å². The number of likely N-dealkylation sites (tertiary alicyclic amines) is 1. The molecule has 3 aromatic rings. The molecular weight excluding hydrogens is 427 g/mol. The van der Waals surface area contributed by atoms with Crippen molar-refractivity contribution in [2.45, 2.75) is 39.2 Å². The first-order chi connectivity index (χ1) is 15.4. The number of pyridine rings is 1. The Kier molecular flexibility index (Phi) is 6.95. The average molecular weight is 457 g/mol. The number of anilines is 1. The van der Waals surface area contributed by atoms with Crippen LogP contribution in [0.3, 0.4) is 0 Å². The van der Waals surface area contributed by atoms with Gasteiger partial charge in [0.2, 0.25) is 5.95 Å². The van der Waals surface area contributed by atoms with Crippen LogP contribution in [-0.2, 0) is 0 Å². The lowest BCUT2D eigenvalue weighted by molar-refractivity contribution is 0.0946. The Morgan fingerprint density at radius 2 is 2.06 bits per heavy atom. The Balaban J connectivity index is 1.48. The minimum Gasteiger partial charge on any atom is -0.351 e. The van der Waals surface area contributed by atoms with E-state index in [1.54, 1.807) is 6.20 Å². The number of amides is 1. The Bertz CT molecular complexity index is 1100. The van der Waals surface area contributed by atoms with Crippen LogP contribution in [0.1, 0.15) is 53.2 Å². The Morgan fingerprint density at radius 3 is 2.81 bits per heavy atom. The van der Waals surface area contributed by atoms with Gasteiger partial charge in [-0.15, -0.1) is 11.3 Å². The zero-order valence-electron chi connectivity index (χ0n) is 18.7. The van der Waals surface area contributed by atoms with Crippen LogP contribution in [0.4, 0.5) is 10.3 Å². The third-order valence-electron chi connectivity index (χ3n) is 5.96. The summed E-state index contributed by atoms with van der Waals surface area (Å²) in [6, 6.07) is 3.11. The van der Waals surface area contributed by atoms with Crippen molar-refractivity contribution in [1.82, 2.24) is 25.2 Å². The van der Waals surface area contributed by atoms with Crippen LogP contribution in [-0.4, -0.2) is 52.4 Å². The van der Waals surface area contributed by atoms with E-state index in [9.17, 15) is 9.18 Å². The minimum atomic E-state index is -0.398. The second-order valence-electron chi connectivity index (χ2n) is 8.56. The van der Waals surface area contributed by atoms with E-state index in [4.69, 9.17) is 0 Å². The van der Waals surface area contributed by atoms with Gasteiger partial charge in [-0.3, -0.25) is 9.78 Å². The molecule has 9 heteroatoms. The predicted molar refractivity (Wildman–Crippen MR) is 126 cm³/mol. The van der Waals surface area contributed by atoms with Gasteiger partial charge in [0.1, 0.15) is 5.82 Å². The first-order valence-electron chi connectivity index (χ1n) is 11.0. The molecule has 3 aromatic heterocycles. The number of halogens is 1. The molecule has 32 heavy (non-hydrogen) atoms. The molecule has 1 aliphatic rings. The second kappa shape index (κ2) is 9.87. The summed E-state index contributed by atoms with van der Waals surface area (Å²) in [5, 5.41) is 6.24. The quantitative estimate of drug-likeness (QED) is 0.555. The number of carbonyl (C=O) groups excluding carboxylic acids is 1. The molecule has 0 aromatic carbocycles.